The number of benzene rings is 8. The maximum atomic E-state index is 5.27. The lowest BCUT2D eigenvalue weighted by Gasteiger charge is -2.16. The molecule has 0 spiro atoms. The average Bonchev–Trinajstić information content (AvgIpc) is 3.16. The van der Waals surface area contributed by atoms with Crippen molar-refractivity contribution in [1.82, 2.24) is 9.97 Å². The summed E-state index contributed by atoms with van der Waals surface area (Å²) in [5.41, 5.74) is 8.65. The molecule has 0 unspecified atom stereocenters. The van der Waals surface area contributed by atoms with E-state index in [1.165, 1.54) is 59.6 Å². The first-order valence-electron chi connectivity index (χ1n) is 16.4. The maximum absolute atomic E-state index is 5.27. The molecule has 0 saturated carbocycles. The molecular formula is C46H28N2. The molecule has 0 bridgehead atoms. The van der Waals surface area contributed by atoms with Crippen molar-refractivity contribution in [3.63, 3.8) is 0 Å². The summed E-state index contributed by atoms with van der Waals surface area (Å²) in [4.78, 5) is 10.4. The predicted octanol–water partition coefficient (Wildman–Crippen LogP) is 12.4. The fourth-order valence-electron chi connectivity index (χ4n) is 7.55. The van der Waals surface area contributed by atoms with Crippen LogP contribution in [0.5, 0.6) is 0 Å². The molecule has 0 aliphatic carbocycles. The normalized spacial score (nSPS) is 11.8. The van der Waals surface area contributed by atoms with Crippen LogP contribution in [0.3, 0.4) is 0 Å². The van der Waals surface area contributed by atoms with E-state index >= 15 is 0 Å². The molecule has 10 rings (SSSR count). The Balaban J connectivity index is 1.20. The van der Waals surface area contributed by atoms with Gasteiger partial charge in [0.1, 0.15) is 0 Å². The molecule has 8 aromatic carbocycles. The molecule has 0 atom stereocenters. The zero-order valence-corrected chi connectivity index (χ0v) is 26.1. The van der Waals surface area contributed by atoms with Gasteiger partial charge in [-0.2, -0.15) is 0 Å². The Hall–Kier alpha value is -6.38. The number of nitrogens with zero attached hydrogens (tertiary/aromatic N) is 2. The molecule has 0 saturated heterocycles. The van der Waals surface area contributed by atoms with E-state index in [1.807, 2.05) is 0 Å². The van der Waals surface area contributed by atoms with Crippen LogP contribution in [0.1, 0.15) is 0 Å². The Morgan fingerprint density at radius 3 is 1.67 bits per heavy atom. The zero-order chi connectivity index (χ0) is 31.6. The van der Waals surface area contributed by atoms with Gasteiger partial charge >= 0.3 is 0 Å². The number of hydrogen-bond donors (Lipinski definition) is 0. The summed E-state index contributed by atoms with van der Waals surface area (Å²) in [6, 6.07) is 60.9. The maximum Gasteiger partial charge on any atom is 0.0788 e. The summed E-state index contributed by atoms with van der Waals surface area (Å²) in [5.74, 6) is 0. The highest BCUT2D eigenvalue weighted by Crippen LogP contribution is 2.42. The van der Waals surface area contributed by atoms with E-state index in [4.69, 9.17) is 9.97 Å². The van der Waals surface area contributed by atoms with E-state index in [0.717, 1.165) is 38.9 Å². The third-order valence-electron chi connectivity index (χ3n) is 9.81. The summed E-state index contributed by atoms with van der Waals surface area (Å²) < 4.78 is 0. The van der Waals surface area contributed by atoms with Gasteiger partial charge in [0.25, 0.3) is 0 Å². The minimum absolute atomic E-state index is 1.00. The smallest absolute Gasteiger partial charge is 0.0788 e. The van der Waals surface area contributed by atoms with Crippen molar-refractivity contribution in [3.05, 3.63) is 170 Å². The zero-order valence-electron chi connectivity index (χ0n) is 26.1. The molecule has 0 amide bonds. The highest BCUT2D eigenvalue weighted by atomic mass is 14.7. The quantitative estimate of drug-likeness (QED) is 0.187. The van der Waals surface area contributed by atoms with Gasteiger partial charge in [0.05, 0.1) is 22.4 Å². The molecule has 10 aromatic rings. The van der Waals surface area contributed by atoms with Gasteiger partial charge in [-0.25, -0.2) is 9.97 Å². The fraction of sp³-hybridized carbons (Fsp3) is 0. The number of aromatic nitrogens is 2. The number of pyridine rings is 2. The number of hydrogen-bond acceptors (Lipinski definition) is 2. The Labute approximate surface area is 277 Å². The van der Waals surface area contributed by atoms with E-state index in [1.54, 1.807) is 0 Å². The van der Waals surface area contributed by atoms with Gasteiger partial charge in [-0.05, 0) is 56.3 Å². The summed E-state index contributed by atoms with van der Waals surface area (Å²) in [5, 5.41) is 12.0. The lowest BCUT2D eigenvalue weighted by atomic mass is 9.90. The van der Waals surface area contributed by atoms with Crippen molar-refractivity contribution < 1.29 is 0 Å². The van der Waals surface area contributed by atoms with E-state index in [9.17, 15) is 0 Å². The first kappa shape index (κ1) is 26.8. The summed E-state index contributed by atoms with van der Waals surface area (Å²) in [6.45, 7) is 0. The highest BCUT2D eigenvalue weighted by Gasteiger charge is 2.17. The SMILES string of the molecule is c1ccc2cc(-c3nc4ccccc4c4c3ccc3cccc(-c5ccc(-c6nc7ccccc7c7ccccc67)cc5)c34)ccc2c1. The van der Waals surface area contributed by atoms with Crippen molar-refractivity contribution in [2.24, 2.45) is 0 Å². The Morgan fingerprint density at radius 1 is 0.292 bits per heavy atom. The Morgan fingerprint density at radius 2 is 0.854 bits per heavy atom. The highest BCUT2D eigenvalue weighted by molar-refractivity contribution is 6.26. The van der Waals surface area contributed by atoms with Gasteiger partial charge in [0.15, 0.2) is 0 Å². The number of rotatable bonds is 3. The van der Waals surface area contributed by atoms with Gasteiger partial charge in [-0.1, -0.05) is 152 Å². The van der Waals surface area contributed by atoms with E-state index in [0.29, 0.717) is 0 Å². The second kappa shape index (κ2) is 10.6. The minimum Gasteiger partial charge on any atom is -0.247 e. The molecule has 2 heterocycles. The molecule has 48 heavy (non-hydrogen) atoms. The summed E-state index contributed by atoms with van der Waals surface area (Å²) in [7, 11) is 0. The van der Waals surface area contributed by atoms with Crippen LogP contribution in [-0.2, 0) is 0 Å². The Kier molecular flexibility index (Phi) is 5.91. The van der Waals surface area contributed by atoms with Crippen molar-refractivity contribution in [3.8, 4) is 33.6 Å². The molecule has 0 fully saturated rings. The summed E-state index contributed by atoms with van der Waals surface area (Å²) >= 11 is 0. The predicted molar refractivity (Wildman–Crippen MR) is 203 cm³/mol. The van der Waals surface area contributed by atoms with Crippen molar-refractivity contribution in [2.75, 3.05) is 0 Å². The molecule has 0 radical (unpaired) electrons. The molecule has 222 valence electrons. The standard InChI is InChI=1S/C46H28N2/c1-2-11-33-28-34(25-20-29(33)10-1)46-40-27-26-31-12-9-17-35(43(31)44(40)39-16-6-8-19-42(39)48-46)30-21-23-32(24-22-30)45-38-15-4-3-13-36(38)37-14-5-7-18-41(37)47-45/h1-28H. The van der Waals surface area contributed by atoms with E-state index < -0.39 is 0 Å². The molecule has 2 nitrogen and oxygen atoms in total. The van der Waals surface area contributed by atoms with Gasteiger partial charge in [-0.3, -0.25) is 0 Å². The van der Waals surface area contributed by atoms with Crippen LogP contribution in [-0.4, -0.2) is 9.97 Å². The van der Waals surface area contributed by atoms with Crippen LogP contribution in [0.2, 0.25) is 0 Å². The third-order valence-corrected chi connectivity index (χ3v) is 9.81. The second-order valence-corrected chi connectivity index (χ2v) is 12.5. The minimum atomic E-state index is 1.00. The lowest BCUT2D eigenvalue weighted by molar-refractivity contribution is 1.43. The third kappa shape index (κ3) is 4.13. The van der Waals surface area contributed by atoms with Crippen molar-refractivity contribution in [1.29, 1.82) is 0 Å². The van der Waals surface area contributed by atoms with E-state index in [-0.39, 0.29) is 0 Å². The first-order chi connectivity index (χ1) is 23.8. The van der Waals surface area contributed by atoms with Gasteiger partial charge < -0.3 is 0 Å². The van der Waals surface area contributed by atoms with Crippen LogP contribution in [0.15, 0.2) is 170 Å². The van der Waals surface area contributed by atoms with Gasteiger partial charge in [0.2, 0.25) is 0 Å². The molecule has 0 aliphatic rings. The Bertz CT molecular complexity index is 2890. The van der Waals surface area contributed by atoms with Crippen LogP contribution in [0, 0.1) is 0 Å². The van der Waals surface area contributed by atoms with Crippen LogP contribution >= 0.6 is 0 Å². The molecule has 2 aromatic heterocycles. The van der Waals surface area contributed by atoms with Crippen LogP contribution < -0.4 is 0 Å². The van der Waals surface area contributed by atoms with Gasteiger partial charge in [0, 0.05) is 38.1 Å². The number of fused-ring (bicyclic) bond motifs is 9. The average molecular weight is 609 g/mol. The van der Waals surface area contributed by atoms with Crippen LogP contribution in [0.25, 0.3) is 98.5 Å². The van der Waals surface area contributed by atoms with Crippen LogP contribution in [0.4, 0.5) is 0 Å². The fourth-order valence-corrected chi connectivity index (χ4v) is 7.55. The largest absolute Gasteiger partial charge is 0.247 e. The molecule has 0 aliphatic heterocycles. The van der Waals surface area contributed by atoms with Crippen molar-refractivity contribution in [2.45, 2.75) is 0 Å². The topological polar surface area (TPSA) is 25.8 Å². The molecule has 0 N–H and O–H groups in total. The summed E-state index contributed by atoms with van der Waals surface area (Å²) in [6.07, 6.45) is 0. The lowest BCUT2D eigenvalue weighted by Crippen LogP contribution is -1.93. The number of para-hydroxylation sites is 2. The second-order valence-electron chi connectivity index (χ2n) is 12.5. The molecule has 2 heteroatoms. The van der Waals surface area contributed by atoms with Gasteiger partial charge in [-0.15, -0.1) is 0 Å². The first-order valence-corrected chi connectivity index (χ1v) is 16.4. The molecular weight excluding hydrogens is 581 g/mol. The van der Waals surface area contributed by atoms with Crippen molar-refractivity contribution >= 4 is 64.9 Å². The monoisotopic (exact) mass is 608 g/mol. The van der Waals surface area contributed by atoms with E-state index in [2.05, 4.69) is 170 Å².